The summed E-state index contributed by atoms with van der Waals surface area (Å²) in [6.45, 7) is 6.62. The molecule has 1 aromatic carbocycles. The summed E-state index contributed by atoms with van der Waals surface area (Å²) >= 11 is 0. The van der Waals surface area contributed by atoms with Crippen molar-refractivity contribution in [2.24, 2.45) is 0 Å². The fraction of sp³-hybridized carbons (Fsp3) is 0.353. The zero-order valence-corrected chi connectivity index (χ0v) is 13.4. The predicted octanol–water partition coefficient (Wildman–Crippen LogP) is 3.43. The molecule has 5 nitrogen and oxygen atoms in total. The molecule has 0 atom stereocenters. The van der Waals surface area contributed by atoms with Crippen molar-refractivity contribution in [1.82, 2.24) is 15.0 Å². The molecule has 2 aromatic heterocycles. The molecule has 2 heterocycles. The Morgan fingerprint density at radius 3 is 2.36 bits per heavy atom. The molecular weight excluding hydrogens is 276 g/mol. The lowest BCUT2D eigenvalue weighted by Gasteiger charge is -2.18. The van der Waals surface area contributed by atoms with E-state index in [-0.39, 0.29) is 0 Å². The van der Waals surface area contributed by atoms with Crippen LogP contribution in [0.25, 0.3) is 11.2 Å². The van der Waals surface area contributed by atoms with Crippen molar-refractivity contribution >= 4 is 17.0 Å². The quantitative estimate of drug-likeness (QED) is 0.738. The van der Waals surface area contributed by atoms with E-state index in [1.807, 2.05) is 20.9 Å². The Hall–Kier alpha value is -2.43. The van der Waals surface area contributed by atoms with Gasteiger partial charge in [0.25, 0.3) is 5.71 Å². The minimum Gasteiger partial charge on any atom is -0.422 e. The van der Waals surface area contributed by atoms with Crippen LogP contribution < -0.4 is 4.90 Å². The second-order valence-electron chi connectivity index (χ2n) is 5.51. The Morgan fingerprint density at radius 2 is 1.68 bits per heavy atom. The summed E-state index contributed by atoms with van der Waals surface area (Å²) in [5.74, 6) is 2.10. The minimum atomic E-state index is 0.549. The molecule has 0 unspecified atom stereocenters. The average Bonchev–Trinajstić information content (AvgIpc) is 2.87. The van der Waals surface area contributed by atoms with Crippen LogP contribution in [0.2, 0.25) is 0 Å². The van der Waals surface area contributed by atoms with Crippen molar-refractivity contribution in [3.05, 3.63) is 47.1 Å². The monoisotopic (exact) mass is 296 g/mol. The van der Waals surface area contributed by atoms with E-state index in [4.69, 9.17) is 4.42 Å². The fourth-order valence-electron chi connectivity index (χ4n) is 2.51. The van der Waals surface area contributed by atoms with Crippen molar-refractivity contribution < 1.29 is 4.42 Å². The molecule has 0 saturated carbocycles. The molecule has 22 heavy (non-hydrogen) atoms. The Morgan fingerprint density at radius 1 is 1.00 bits per heavy atom. The zero-order valence-electron chi connectivity index (χ0n) is 13.4. The second kappa shape index (κ2) is 5.75. The summed E-state index contributed by atoms with van der Waals surface area (Å²) in [6.07, 6.45) is 1.06. The number of hydrogen-bond donors (Lipinski definition) is 0. The van der Waals surface area contributed by atoms with E-state index in [1.165, 1.54) is 11.1 Å². The van der Waals surface area contributed by atoms with Crippen LogP contribution >= 0.6 is 0 Å². The molecule has 0 aliphatic carbocycles. The van der Waals surface area contributed by atoms with Gasteiger partial charge in [-0.2, -0.15) is 4.98 Å². The Kier molecular flexibility index (Phi) is 3.79. The summed E-state index contributed by atoms with van der Waals surface area (Å²) in [5.41, 5.74) is 3.85. The lowest BCUT2D eigenvalue weighted by molar-refractivity contribution is 0.550. The van der Waals surface area contributed by atoms with Crippen LogP contribution in [0, 0.1) is 13.8 Å². The van der Waals surface area contributed by atoms with E-state index >= 15 is 0 Å². The number of nitrogens with zero attached hydrogens (tertiary/aromatic N) is 4. The number of oxazole rings is 1. The highest BCUT2D eigenvalue weighted by molar-refractivity contribution is 5.81. The predicted molar refractivity (Wildman–Crippen MR) is 87.0 cm³/mol. The van der Waals surface area contributed by atoms with Crippen molar-refractivity contribution in [2.75, 3.05) is 11.9 Å². The second-order valence-corrected chi connectivity index (χ2v) is 5.51. The van der Waals surface area contributed by atoms with Gasteiger partial charge in [0.15, 0.2) is 17.2 Å². The van der Waals surface area contributed by atoms with Crippen LogP contribution in [-0.4, -0.2) is 22.0 Å². The summed E-state index contributed by atoms with van der Waals surface area (Å²) < 4.78 is 5.53. The van der Waals surface area contributed by atoms with Gasteiger partial charge in [-0.15, -0.1) is 0 Å². The Bertz CT molecular complexity index is 792. The lowest BCUT2D eigenvalue weighted by Crippen LogP contribution is -2.18. The van der Waals surface area contributed by atoms with Crippen LogP contribution in [0.5, 0.6) is 0 Å². The number of aromatic nitrogens is 3. The van der Waals surface area contributed by atoms with Crippen molar-refractivity contribution in [2.45, 2.75) is 33.7 Å². The highest BCUT2D eigenvalue weighted by atomic mass is 16.4. The molecule has 0 fully saturated rings. The van der Waals surface area contributed by atoms with Gasteiger partial charge in [0, 0.05) is 20.5 Å². The summed E-state index contributed by atoms with van der Waals surface area (Å²) in [5, 5.41) is 0. The van der Waals surface area contributed by atoms with E-state index in [9.17, 15) is 0 Å². The number of anilines is 1. The first kappa shape index (κ1) is 14.5. The zero-order chi connectivity index (χ0) is 15.7. The average molecular weight is 296 g/mol. The van der Waals surface area contributed by atoms with Gasteiger partial charge in [-0.3, -0.25) is 0 Å². The standard InChI is InChI=1S/C17H20N4O/c1-5-13-6-8-14(9-7-13)10-21(4)16-15-17(19-11(2)18-16)22-12(3)20-15/h6-9H,5,10H2,1-4H3. The summed E-state index contributed by atoms with van der Waals surface area (Å²) in [7, 11) is 2.01. The van der Waals surface area contributed by atoms with E-state index in [2.05, 4.69) is 51.0 Å². The largest absolute Gasteiger partial charge is 0.422 e. The number of aryl methyl sites for hydroxylation is 3. The Balaban J connectivity index is 1.92. The highest BCUT2D eigenvalue weighted by Crippen LogP contribution is 2.24. The molecule has 0 radical (unpaired) electrons. The van der Waals surface area contributed by atoms with Gasteiger partial charge in [-0.05, 0) is 24.5 Å². The van der Waals surface area contributed by atoms with Gasteiger partial charge in [0.1, 0.15) is 5.82 Å². The van der Waals surface area contributed by atoms with Gasteiger partial charge in [-0.1, -0.05) is 31.2 Å². The first-order valence-corrected chi connectivity index (χ1v) is 7.47. The van der Waals surface area contributed by atoms with Crippen LogP contribution in [-0.2, 0) is 13.0 Å². The lowest BCUT2D eigenvalue weighted by atomic mass is 10.1. The minimum absolute atomic E-state index is 0.549. The number of hydrogen-bond acceptors (Lipinski definition) is 5. The first-order chi connectivity index (χ1) is 10.6. The summed E-state index contributed by atoms with van der Waals surface area (Å²) in [6, 6.07) is 8.66. The van der Waals surface area contributed by atoms with E-state index in [1.54, 1.807) is 0 Å². The molecule has 0 amide bonds. The molecule has 0 aliphatic heterocycles. The maximum atomic E-state index is 5.53. The van der Waals surface area contributed by atoms with Gasteiger partial charge in [-0.25, -0.2) is 9.97 Å². The van der Waals surface area contributed by atoms with Crippen molar-refractivity contribution in [3.8, 4) is 0 Å². The van der Waals surface area contributed by atoms with Gasteiger partial charge >= 0.3 is 0 Å². The molecule has 0 spiro atoms. The molecule has 0 saturated heterocycles. The van der Waals surface area contributed by atoms with Gasteiger partial charge in [0.2, 0.25) is 0 Å². The van der Waals surface area contributed by atoms with E-state index in [0.717, 1.165) is 24.3 Å². The number of fused-ring (bicyclic) bond motifs is 1. The molecule has 3 rings (SSSR count). The normalized spacial score (nSPS) is 11.1. The third-order valence-corrected chi connectivity index (χ3v) is 3.67. The van der Waals surface area contributed by atoms with Gasteiger partial charge in [0.05, 0.1) is 0 Å². The van der Waals surface area contributed by atoms with Crippen LogP contribution in [0.15, 0.2) is 28.7 Å². The van der Waals surface area contributed by atoms with Gasteiger partial charge < -0.3 is 9.32 Å². The molecule has 3 aromatic rings. The third kappa shape index (κ3) is 2.79. The first-order valence-electron chi connectivity index (χ1n) is 7.47. The topological polar surface area (TPSA) is 55.1 Å². The van der Waals surface area contributed by atoms with E-state index < -0.39 is 0 Å². The number of benzene rings is 1. The molecule has 0 N–H and O–H groups in total. The van der Waals surface area contributed by atoms with Crippen LogP contribution in [0.4, 0.5) is 5.82 Å². The summed E-state index contributed by atoms with van der Waals surface area (Å²) in [4.78, 5) is 15.3. The van der Waals surface area contributed by atoms with Crippen molar-refractivity contribution in [3.63, 3.8) is 0 Å². The molecule has 0 bridgehead atoms. The SMILES string of the molecule is CCc1ccc(CN(C)c2nc(C)nc3oc(C)nc23)cc1. The molecular formula is C17H20N4O. The Labute approximate surface area is 130 Å². The van der Waals surface area contributed by atoms with Crippen molar-refractivity contribution in [1.29, 1.82) is 0 Å². The van der Waals surface area contributed by atoms with E-state index in [0.29, 0.717) is 17.4 Å². The number of rotatable bonds is 4. The van der Waals surface area contributed by atoms with Crippen LogP contribution in [0.3, 0.4) is 0 Å². The molecule has 114 valence electrons. The molecule has 5 heteroatoms. The smallest absolute Gasteiger partial charge is 0.252 e. The maximum absolute atomic E-state index is 5.53. The maximum Gasteiger partial charge on any atom is 0.252 e. The fourth-order valence-corrected chi connectivity index (χ4v) is 2.51. The third-order valence-electron chi connectivity index (χ3n) is 3.67. The highest BCUT2D eigenvalue weighted by Gasteiger charge is 2.15. The van der Waals surface area contributed by atoms with Crippen LogP contribution in [0.1, 0.15) is 29.8 Å². The molecule has 0 aliphatic rings.